The number of nitrogens with zero attached hydrogens (tertiary/aromatic N) is 1. The molecule has 2 atom stereocenters. The average molecular weight is 276 g/mol. The molecule has 0 aromatic carbocycles. The van der Waals surface area contributed by atoms with Crippen molar-refractivity contribution in [2.45, 2.75) is 38.7 Å². The first-order valence-electron chi connectivity index (χ1n) is 6.79. The largest absolute Gasteiger partial charge is 0.496 e. The quantitative estimate of drug-likeness (QED) is 0.835. The number of amides is 1. The van der Waals surface area contributed by atoms with Crippen LogP contribution in [-0.2, 0) is 14.3 Å². The standard InChI is InChI=1S/C14H16N2O4/c1-8-6-12(16-20-8)15-14(18)10-7-19-11-5-3-2-4-9(11)13(10)17/h6-7,9,11H,2-5H2,1H3,(H,15,16,18). The lowest BCUT2D eigenvalue weighted by molar-refractivity contribution is -0.129. The van der Waals surface area contributed by atoms with Gasteiger partial charge >= 0.3 is 0 Å². The second-order valence-corrected chi connectivity index (χ2v) is 5.24. The number of rotatable bonds is 2. The van der Waals surface area contributed by atoms with Crippen LogP contribution < -0.4 is 5.32 Å². The van der Waals surface area contributed by atoms with Crippen LogP contribution in [0.15, 0.2) is 22.4 Å². The zero-order valence-electron chi connectivity index (χ0n) is 11.2. The number of hydrogen-bond acceptors (Lipinski definition) is 5. The number of Topliss-reactive ketones (excluding diaryl/α,β-unsaturated/α-hetero) is 1. The van der Waals surface area contributed by atoms with E-state index >= 15 is 0 Å². The van der Waals surface area contributed by atoms with E-state index in [4.69, 9.17) is 9.26 Å². The van der Waals surface area contributed by atoms with E-state index in [2.05, 4.69) is 10.5 Å². The van der Waals surface area contributed by atoms with E-state index in [9.17, 15) is 9.59 Å². The van der Waals surface area contributed by atoms with Crippen LogP contribution in [0, 0.1) is 12.8 Å². The first-order chi connectivity index (χ1) is 9.65. The maximum Gasteiger partial charge on any atom is 0.263 e. The SMILES string of the molecule is Cc1cc(NC(=O)C2=COC3CCCCC3C2=O)no1. The molecule has 1 saturated carbocycles. The second kappa shape index (κ2) is 5.11. The van der Waals surface area contributed by atoms with Crippen LogP contribution in [0.3, 0.4) is 0 Å². The zero-order valence-corrected chi connectivity index (χ0v) is 11.2. The van der Waals surface area contributed by atoms with Crippen molar-refractivity contribution in [2.75, 3.05) is 5.32 Å². The van der Waals surface area contributed by atoms with Crippen molar-refractivity contribution in [1.29, 1.82) is 0 Å². The third kappa shape index (κ3) is 2.33. The van der Waals surface area contributed by atoms with Gasteiger partial charge in [-0.1, -0.05) is 11.6 Å². The van der Waals surface area contributed by atoms with E-state index in [0.717, 1.165) is 25.7 Å². The fourth-order valence-corrected chi connectivity index (χ4v) is 2.75. The van der Waals surface area contributed by atoms with Crippen LogP contribution >= 0.6 is 0 Å². The number of aromatic nitrogens is 1. The minimum atomic E-state index is -0.493. The normalized spacial score (nSPS) is 25.4. The van der Waals surface area contributed by atoms with Crippen molar-refractivity contribution in [3.8, 4) is 0 Å². The Morgan fingerprint density at radius 1 is 1.40 bits per heavy atom. The Hall–Kier alpha value is -2.11. The molecular weight excluding hydrogens is 260 g/mol. The predicted molar refractivity (Wildman–Crippen MR) is 69.8 cm³/mol. The van der Waals surface area contributed by atoms with Gasteiger partial charge in [0.05, 0.1) is 12.2 Å². The third-order valence-corrected chi connectivity index (χ3v) is 3.78. The highest BCUT2D eigenvalue weighted by Gasteiger charge is 2.39. The summed E-state index contributed by atoms with van der Waals surface area (Å²) >= 11 is 0. The van der Waals surface area contributed by atoms with Crippen LogP contribution in [0.4, 0.5) is 5.82 Å². The number of nitrogens with one attached hydrogen (secondary N) is 1. The van der Waals surface area contributed by atoms with Crippen LogP contribution in [0.5, 0.6) is 0 Å². The molecule has 1 aromatic heterocycles. The molecule has 106 valence electrons. The topological polar surface area (TPSA) is 81.4 Å². The summed E-state index contributed by atoms with van der Waals surface area (Å²) in [4.78, 5) is 24.4. The van der Waals surface area contributed by atoms with Crippen molar-refractivity contribution < 1.29 is 18.8 Å². The number of carbonyl (C=O) groups excluding carboxylic acids is 2. The lowest BCUT2D eigenvalue weighted by Gasteiger charge is -2.33. The first-order valence-corrected chi connectivity index (χ1v) is 6.79. The lowest BCUT2D eigenvalue weighted by Crippen LogP contribution is -2.39. The molecule has 1 amide bonds. The first kappa shape index (κ1) is 12.9. The van der Waals surface area contributed by atoms with E-state index in [1.165, 1.54) is 6.26 Å². The Morgan fingerprint density at radius 2 is 2.20 bits per heavy atom. The molecule has 6 heteroatoms. The molecule has 3 rings (SSSR count). The smallest absolute Gasteiger partial charge is 0.263 e. The summed E-state index contributed by atoms with van der Waals surface area (Å²) in [5.74, 6) is 0.0827. The molecule has 2 aliphatic rings. The van der Waals surface area contributed by atoms with E-state index in [-0.39, 0.29) is 23.4 Å². The van der Waals surface area contributed by atoms with Crippen molar-refractivity contribution in [2.24, 2.45) is 5.92 Å². The number of anilines is 1. The lowest BCUT2D eigenvalue weighted by atomic mass is 9.80. The van der Waals surface area contributed by atoms with Gasteiger partial charge in [-0.15, -0.1) is 0 Å². The molecule has 1 aliphatic heterocycles. The fourth-order valence-electron chi connectivity index (χ4n) is 2.75. The van der Waals surface area contributed by atoms with Crippen molar-refractivity contribution in [3.05, 3.63) is 23.7 Å². The Labute approximate surface area is 116 Å². The third-order valence-electron chi connectivity index (χ3n) is 3.78. The van der Waals surface area contributed by atoms with Gasteiger partial charge in [0.15, 0.2) is 11.6 Å². The van der Waals surface area contributed by atoms with Gasteiger partial charge in [-0.2, -0.15) is 0 Å². The predicted octanol–water partition coefficient (Wildman–Crippen LogP) is 1.96. The van der Waals surface area contributed by atoms with Crippen LogP contribution in [0.1, 0.15) is 31.4 Å². The summed E-state index contributed by atoms with van der Waals surface area (Å²) < 4.78 is 10.4. The van der Waals surface area contributed by atoms with Crippen molar-refractivity contribution in [1.82, 2.24) is 5.16 Å². The highest BCUT2D eigenvalue weighted by Crippen LogP contribution is 2.33. The average Bonchev–Trinajstić information content (AvgIpc) is 2.84. The molecule has 0 radical (unpaired) electrons. The molecule has 2 unspecified atom stereocenters. The minimum Gasteiger partial charge on any atom is -0.496 e. The summed E-state index contributed by atoms with van der Waals surface area (Å²) in [6, 6.07) is 1.59. The summed E-state index contributed by atoms with van der Waals surface area (Å²) in [5.41, 5.74) is 0.0637. The summed E-state index contributed by atoms with van der Waals surface area (Å²) in [7, 11) is 0. The van der Waals surface area contributed by atoms with Gasteiger partial charge in [0.1, 0.15) is 17.4 Å². The van der Waals surface area contributed by atoms with Gasteiger partial charge in [0.2, 0.25) is 0 Å². The second-order valence-electron chi connectivity index (χ2n) is 5.24. The number of ketones is 1. The van der Waals surface area contributed by atoms with Crippen LogP contribution in [0.25, 0.3) is 0 Å². The highest BCUT2D eigenvalue weighted by atomic mass is 16.5. The molecule has 1 aliphatic carbocycles. The Kier molecular flexibility index (Phi) is 3.30. The van der Waals surface area contributed by atoms with E-state index in [0.29, 0.717) is 11.6 Å². The fraction of sp³-hybridized carbons (Fsp3) is 0.500. The Morgan fingerprint density at radius 3 is 2.95 bits per heavy atom. The molecule has 1 fully saturated rings. The van der Waals surface area contributed by atoms with Gasteiger partial charge in [-0.05, 0) is 26.2 Å². The minimum absolute atomic E-state index is 0.0637. The summed E-state index contributed by atoms with van der Waals surface area (Å²) in [5, 5.41) is 6.22. The zero-order chi connectivity index (χ0) is 14.1. The van der Waals surface area contributed by atoms with Crippen molar-refractivity contribution >= 4 is 17.5 Å². The van der Waals surface area contributed by atoms with Crippen LogP contribution in [-0.4, -0.2) is 23.0 Å². The molecule has 6 nitrogen and oxygen atoms in total. The molecule has 0 saturated heterocycles. The van der Waals surface area contributed by atoms with Gasteiger partial charge in [0.25, 0.3) is 5.91 Å². The molecule has 1 N–H and O–H groups in total. The number of aryl methyl sites for hydroxylation is 1. The van der Waals surface area contributed by atoms with E-state index in [1.54, 1.807) is 13.0 Å². The molecule has 20 heavy (non-hydrogen) atoms. The number of ether oxygens (including phenoxy) is 1. The van der Waals surface area contributed by atoms with Crippen molar-refractivity contribution in [3.63, 3.8) is 0 Å². The monoisotopic (exact) mass is 276 g/mol. The molecule has 0 spiro atoms. The maximum absolute atomic E-state index is 12.3. The number of fused-ring (bicyclic) bond motifs is 1. The number of carbonyl (C=O) groups is 2. The molecule has 2 heterocycles. The summed E-state index contributed by atoms with van der Waals surface area (Å²) in [6.07, 6.45) is 4.97. The number of hydrogen-bond donors (Lipinski definition) is 1. The van der Waals surface area contributed by atoms with Gasteiger partial charge in [0, 0.05) is 6.07 Å². The van der Waals surface area contributed by atoms with Crippen LogP contribution in [0.2, 0.25) is 0 Å². The highest BCUT2D eigenvalue weighted by molar-refractivity contribution is 6.24. The van der Waals surface area contributed by atoms with E-state index < -0.39 is 5.91 Å². The maximum atomic E-state index is 12.3. The van der Waals surface area contributed by atoms with Gasteiger partial charge in [-0.25, -0.2) is 0 Å². The Bertz CT molecular complexity index is 575. The van der Waals surface area contributed by atoms with Gasteiger partial charge < -0.3 is 14.6 Å². The Balaban J connectivity index is 1.74. The molecular formula is C14H16N2O4. The van der Waals surface area contributed by atoms with Gasteiger partial charge in [-0.3, -0.25) is 9.59 Å². The molecule has 1 aromatic rings. The van der Waals surface area contributed by atoms with E-state index in [1.807, 2.05) is 0 Å². The molecule has 0 bridgehead atoms. The summed E-state index contributed by atoms with van der Waals surface area (Å²) in [6.45, 7) is 1.73.